The number of anilines is 1. The van der Waals surface area contributed by atoms with Crippen molar-refractivity contribution in [2.24, 2.45) is 5.41 Å². The maximum atomic E-state index is 13.4. The van der Waals surface area contributed by atoms with E-state index in [1.807, 2.05) is 18.2 Å². The number of fused-ring (bicyclic) bond motifs is 1. The average Bonchev–Trinajstić information content (AvgIpc) is 3.57. The van der Waals surface area contributed by atoms with Crippen molar-refractivity contribution >= 4 is 17.6 Å². The first-order valence-electron chi connectivity index (χ1n) is 14.7. The fourth-order valence-electron chi connectivity index (χ4n) is 7.85. The molecule has 1 N–H and O–H groups in total. The number of nitrogens with zero attached hydrogens (tertiary/aromatic N) is 1. The van der Waals surface area contributed by atoms with Crippen LogP contribution in [0.5, 0.6) is 0 Å². The van der Waals surface area contributed by atoms with Crippen molar-refractivity contribution in [1.29, 1.82) is 0 Å². The van der Waals surface area contributed by atoms with Gasteiger partial charge in [0.25, 0.3) is 0 Å². The Bertz CT molecular complexity index is 1450. The third kappa shape index (κ3) is 4.64. The zero-order valence-corrected chi connectivity index (χ0v) is 23.9. The van der Waals surface area contributed by atoms with E-state index in [1.165, 1.54) is 18.2 Å². The minimum Gasteiger partial charge on any atom is -0.466 e. The molecule has 0 bridgehead atoms. The smallest absolute Gasteiger partial charge is 0.338 e. The number of likely N-dealkylation sites (tertiary alicyclic amines) is 1. The summed E-state index contributed by atoms with van der Waals surface area (Å²) in [5.41, 5.74) is 5.43. The molecule has 0 aromatic heterocycles. The van der Waals surface area contributed by atoms with E-state index in [4.69, 9.17) is 9.47 Å². The molecule has 1 saturated heterocycles. The first-order chi connectivity index (χ1) is 20.0. The molecule has 3 aromatic carbocycles. The zero-order chi connectivity index (χ0) is 28.5. The van der Waals surface area contributed by atoms with Crippen LogP contribution in [0.2, 0.25) is 0 Å². The van der Waals surface area contributed by atoms with Crippen LogP contribution in [0, 0.1) is 5.41 Å². The van der Waals surface area contributed by atoms with E-state index in [-0.39, 0.29) is 28.8 Å². The first kappa shape index (κ1) is 27.3. The Hall–Kier alpha value is -3.90. The maximum Gasteiger partial charge on any atom is 0.338 e. The van der Waals surface area contributed by atoms with Crippen molar-refractivity contribution in [3.05, 3.63) is 113 Å². The largest absolute Gasteiger partial charge is 0.466 e. The Kier molecular flexibility index (Phi) is 7.43. The minimum atomic E-state index is -0.329. The second kappa shape index (κ2) is 11.2. The summed E-state index contributed by atoms with van der Waals surface area (Å²) in [4.78, 5) is 28.7. The number of carbonyl (C=O) groups is 2. The van der Waals surface area contributed by atoms with E-state index in [9.17, 15) is 9.59 Å². The molecule has 6 rings (SSSR count). The predicted octanol–water partition coefficient (Wildman–Crippen LogP) is 6.49. The predicted molar refractivity (Wildman–Crippen MR) is 159 cm³/mol. The molecule has 6 heteroatoms. The molecule has 6 nitrogen and oxygen atoms in total. The van der Waals surface area contributed by atoms with Crippen LogP contribution in [-0.4, -0.2) is 43.1 Å². The van der Waals surface area contributed by atoms with Crippen molar-refractivity contribution in [3.8, 4) is 0 Å². The number of rotatable bonds is 9. The standard InChI is InChI=1S/C35H38N2O4/c1-3-34(19-12-22-41-31(38)26-15-8-5-9-16-26)23-27(32(39)40-2)30-35(28-17-10-11-18-29(28)36-30)20-21-37(33(34)35)24-25-13-6-4-7-14-25/h4-11,13-18,33,36H,3,12,19-24H2,1-2H3/t33-,34-,35-/m0/s1. The number of ether oxygens (including phenoxy) is 2. The summed E-state index contributed by atoms with van der Waals surface area (Å²) >= 11 is 0. The molecule has 0 unspecified atom stereocenters. The van der Waals surface area contributed by atoms with Crippen LogP contribution in [0.4, 0.5) is 5.69 Å². The van der Waals surface area contributed by atoms with E-state index in [0.717, 1.165) is 55.7 Å². The quantitative estimate of drug-likeness (QED) is 0.243. The number of benzene rings is 3. The van der Waals surface area contributed by atoms with Gasteiger partial charge >= 0.3 is 11.9 Å². The highest BCUT2D eigenvalue weighted by Gasteiger charge is 2.65. The highest BCUT2D eigenvalue weighted by atomic mass is 16.5. The molecule has 41 heavy (non-hydrogen) atoms. The van der Waals surface area contributed by atoms with Gasteiger partial charge in [-0.15, -0.1) is 0 Å². The van der Waals surface area contributed by atoms with Crippen LogP contribution >= 0.6 is 0 Å². The monoisotopic (exact) mass is 550 g/mol. The summed E-state index contributed by atoms with van der Waals surface area (Å²) in [6.07, 6.45) is 4.00. The summed E-state index contributed by atoms with van der Waals surface area (Å²) in [7, 11) is 1.48. The van der Waals surface area contributed by atoms with Crippen LogP contribution in [0.1, 0.15) is 60.5 Å². The maximum absolute atomic E-state index is 13.4. The van der Waals surface area contributed by atoms with Crippen LogP contribution in [-0.2, 0) is 26.2 Å². The van der Waals surface area contributed by atoms with Gasteiger partial charge in [-0.3, -0.25) is 4.90 Å². The zero-order valence-electron chi connectivity index (χ0n) is 23.9. The lowest BCUT2D eigenvalue weighted by Gasteiger charge is -2.53. The van der Waals surface area contributed by atoms with Crippen LogP contribution in [0.3, 0.4) is 0 Å². The van der Waals surface area contributed by atoms with Gasteiger partial charge in [0.2, 0.25) is 0 Å². The highest BCUT2D eigenvalue weighted by molar-refractivity contribution is 5.93. The highest BCUT2D eigenvalue weighted by Crippen LogP contribution is 2.64. The van der Waals surface area contributed by atoms with E-state index >= 15 is 0 Å². The second-order valence-electron chi connectivity index (χ2n) is 11.6. The molecule has 0 radical (unpaired) electrons. The van der Waals surface area contributed by atoms with Gasteiger partial charge in [-0.1, -0.05) is 73.7 Å². The Morgan fingerprint density at radius 2 is 1.66 bits per heavy atom. The fraction of sp³-hybridized carbons (Fsp3) is 0.371. The minimum absolute atomic E-state index is 0.171. The summed E-state index contributed by atoms with van der Waals surface area (Å²) in [5.74, 6) is -0.554. The Morgan fingerprint density at radius 3 is 2.39 bits per heavy atom. The van der Waals surface area contributed by atoms with E-state index < -0.39 is 0 Å². The van der Waals surface area contributed by atoms with Gasteiger partial charge in [0.1, 0.15) is 0 Å². The molecular weight excluding hydrogens is 512 g/mol. The molecule has 3 atom stereocenters. The van der Waals surface area contributed by atoms with Gasteiger partial charge in [0, 0.05) is 30.5 Å². The van der Waals surface area contributed by atoms with Crippen LogP contribution in [0.25, 0.3) is 0 Å². The lowest BCUT2D eigenvalue weighted by Crippen LogP contribution is -2.57. The molecule has 2 aliphatic heterocycles. The summed E-state index contributed by atoms with van der Waals surface area (Å²) < 4.78 is 11.1. The molecular formula is C35H38N2O4. The van der Waals surface area contributed by atoms with Gasteiger partial charge in [-0.05, 0) is 66.8 Å². The molecule has 0 amide bonds. The van der Waals surface area contributed by atoms with Crippen molar-refractivity contribution in [1.82, 2.24) is 4.90 Å². The van der Waals surface area contributed by atoms with E-state index in [0.29, 0.717) is 18.6 Å². The number of esters is 2. The number of hydrogen-bond donors (Lipinski definition) is 1. The van der Waals surface area contributed by atoms with E-state index in [1.54, 1.807) is 12.1 Å². The van der Waals surface area contributed by atoms with Gasteiger partial charge in [-0.25, -0.2) is 9.59 Å². The van der Waals surface area contributed by atoms with Gasteiger partial charge in [-0.2, -0.15) is 0 Å². The number of hydrogen-bond acceptors (Lipinski definition) is 6. The fourth-order valence-corrected chi connectivity index (χ4v) is 7.85. The molecule has 3 aliphatic rings. The summed E-state index contributed by atoms with van der Waals surface area (Å²) in [6, 6.07) is 28.5. The van der Waals surface area contributed by atoms with Crippen molar-refractivity contribution in [2.75, 3.05) is 25.6 Å². The molecule has 0 saturated carbocycles. The van der Waals surface area contributed by atoms with Gasteiger partial charge < -0.3 is 14.8 Å². The number of methoxy groups -OCH3 is 1. The topological polar surface area (TPSA) is 67.9 Å². The number of carbonyl (C=O) groups excluding carboxylic acids is 2. The Balaban J connectivity index is 1.38. The van der Waals surface area contributed by atoms with Gasteiger partial charge in [0.05, 0.1) is 30.3 Å². The van der Waals surface area contributed by atoms with E-state index in [2.05, 4.69) is 71.7 Å². The van der Waals surface area contributed by atoms with Crippen LogP contribution < -0.4 is 5.32 Å². The molecule has 212 valence electrons. The van der Waals surface area contributed by atoms with Crippen molar-refractivity contribution in [3.63, 3.8) is 0 Å². The number of para-hydroxylation sites is 1. The lowest BCUT2D eigenvalue weighted by atomic mass is 9.54. The first-order valence-corrected chi connectivity index (χ1v) is 14.7. The second-order valence-corrected chi connectivity index (χ2v) is 11.6. The normalized spacial score (nSPS) is 24.7. The molecule has 1 spiro atoms. The molecule has 2 heterocycles. The Morgan fingerprint density at radius 1 is 0.951 bits per heavy atom. The van der Waals surface area contributed by atoms with Crippen LogP contribution in [0.15, 0.2) is 96.2 Å². The van der Waals surface area contributed by atoms with Crippen molar-refractivity contribution in [2.45, 2.75) is 57.0 Å². The lowest BCUT2D eigenvalue weighted by molar-refractivity contribution is -0.137. The van der Waals surface area contributed by atoms with Gasteiger partial charge in [0.15, 0.2) is 0 Å². The third-order valence-electron chi connectivity index (χ3n) is 9.58. The third-order valence-corrected chi connectivity index (χ3v) is 9.58. The SMILES string of the molecule is CC[C@]1(CCCOC(=O)c2ccccc2)CC(C(=O)OC)=C2Nc3ccccc3[C@@]23CCN(Cc2ccccc2)[C@@H]13. The summed E-state index contributed by atoms with van der Waals surface area (Å²) in [5, 5.41) is 3.69. The summed E-state index contributed by atoms with van der Waals surface area (Å²) in [6.45, 7) is 4.36. The molecule has 1 aliphatic carbocycles. The number of nitrogens with one attached hydrogen (secondary N) is 1. The molecule has 3 aromatic rings. The molecule has 1 fully saturated rings. The van der Waals surface area contributed by atoms with Crippen molar-refractivity contribution < 1.29 is 19.1 Å². The Labute approximate surface area is 242 Å². The average molecular weight is 551 g/mol.